The summed E-state index contributed by atoms with van der Waals surface area (Å²) in [5.41, 5.74) is 9.08. The number of guanidine groups is 1. The molecule has 1 aromatic carbocycles. The Morgan fingerprint density at radius 1 is 1.33 bits per heavy atom. The summed E-state index contributed by atoms with van der Waals surface area (Å²) < 4.78 is 0. The van der Waals surface area contributed by atoms with Crippen LogP contribution in [-0.2, 0) is 6.54 Å². The van der Waals surface area contributed by atoms with Gasteiger partial charge in [-0.15, -0.1) is 11.3 Å². The number of benzene rings is 1. The number of aliphatic imine (C=N–C) groups is 1. The van der Waals surface area contributed by atoms with Crippen molar-refractivity contribution in [2.45, 2.75) is 12.6 Å². The van der Waals surface area contributed by atoms with Crippen LogP contribution in [0.25, 0.3) is 0 Å². The van der Waals surface area contributed by atoms with E-state index in [0.29, 0.717) is 5.96 Å². The Morgan fingerprint density at radius 3 is 2.89 bits per heavy atom. The lowest BCUT2D eigenvalue weighted by Crippen LogP contribution is -2.35. The predicted molar refractivity (Wildman–Crippen MR) is 73.3 cm³/mol. The molecule has 0 fully saturated rings. The van der Waals surface area contributed by atoms with Crippen LogP contribution < -0.4 is 5.73 Å². The summed E-state index contributed by atoms with van der Waals surface area (Å²) in [6, 6.07) is 10.6. The van der Waals surface area contributed by atoms with Crippen molar-refractivity contribution >= 4 is 17.3 Å². The molecule has 2 N–H and O–H groups in total. The summed E-state index contributed by atoms with van der Waals surface area (Å²) in [4.78, 5) is 11.8. The van der Waals surface area contributed by atoms with Crippen molar-refractivity contribution in [3.63, 3.8) is 0 Å². The Bertz CT molecular complexity index is 535. The van der Waals surface area contributed by atoms with E-state index < -0.39 is 0 Å². The molecule has 0 spiro atoms. The smallest absolute Gasteiger partial charge is 0.192 e. The second kappa shape index (κ2) is 4.78. The Kier molecular flexibility index (Phi) is 2.98. The van der Waals surface area contributed by atoms with Crippen molar-refractivity contribution in [1.29, 1.82) is 0 Å². The van der Waals surface area contributed by atoms with Gasteiger partial charge in [0.05, 0.1) is 18.1 Å². The van der Waals surface area contributed by atoms with Crippen LogP contribution in [0.1, 0.15) is 16.5 Å². The summed E-state index contributed by atoms with van der Waals surface area (Å²) in [7, 11) is 0. The molecule has 18 heavy (non-hydrogen) atoms. The minimum Gasteiger partial charge on any atom is -0.370 e. The zero-order chi connectivity index (χ0) is 12.4. The molecule has 0 amide bonds. The maximum absolute atomic E-state index is 5.98. The number of rotatable bonds is 3. The molecule has 0 radical (unpaired) electrons. The summed E-state index contributed by atoms with van der Waals surface area (Å²) in [5, 5.41) is 0. The van der Waals surface area contributed by atoms with E-state index in [4.69, 9.17) is 5.73 Å². The third-order valence-electron chi connectivity index (χ3n) is 3.07. The summed E-state index contributed by atoms with van der Waals surface area (Å²) in [6.07, 6.45) is 1.90. The number of thiazole rings is 1. The number of aromatic nitrogens is 1. The highest BCUT2D eigenvalue weighted by atomic mass is 32.1. The van der Waals surface area contributed by atoms with E-state index in [-0.39, 0.29) is 6.04 Å². The van der Waals surface area contributed by atoms with Crippen molar-refractivity contribution < 1.29 is 0 Å². The maximum Gasteiger partial charge on any atom is 0.192 e. The molecule has 1 unspecified atom stereocenters. The first-order chi connectivity index (χ1) is 8.84. The van der Waals surface area contributed by atoms with Gasteiger partial charge in [0.25, 0.3) is 0 Å². The lowest BCUT2D eigenvalue weighted by molar-refractivity contribution is 0.344. The highest BCUT2D eigenvalue weighted by Crippen LogP contribution is 2.29. The average molecular weight is 258 g/mol. The van der Waals surface area contributed by atoms with Gasteiger partial charge in [-0.2, -0.15) is 0 Å². The maximum atomic E-state index is 5.98. The van der Waals surface area contributed by atoms with Gasteiger partial charge in [0, 0.05) is 17.6 Å². The van der Waals surface area contributed by atoms with Gasteiger partial charge in [0.1, 0.15) is 0 Å². The molecule has 1 aliphatic heterocycles. The molecule has 0 saturated heterocycles. The molecule has 1 aromatic heterocycles. The Morgan fingerprint density at radius 2 is 2.17 bits per heavy atom. The molecule has 0 bridgehead atoms. The van der Waals surface area contributed by atoms with E-state index in [1.165, 1.54) is 10.4 Å². The van der Waals surface area contributed by atoms with Gasteiger partial charge in [-0.3, -0.25) is 9.98 Å². The Labute approximate surface area is 110 Å². The van der Waals surface area contributed by atoms with Crippen LogP contribution in [0.15, 0.2) is 47.0 Å². The average Bonchev–Trinajstić information content (AvgIpc) is 3.02. The number of hydrogen-bond donors (Lipinski definition) is 1. The van der Waals surface area contributed by atoms with Gasteiger partial charge in [-0.25, -0.2) is 0 Å². The number of nitrogens with two attached hydrogens (primary N) is 1. The van der Waals surface area contributed by atoms with Gasteiger partial charge in [0.2, 0.25) is 0 Å². The standard InChI is InChI=1S/C13H14N4S/c14-13-16-6-11(12-7-15-9-18-12)17(13)8-10-4-2-1-3-5-10/h1-5,7,9,11H,6,8H2,(H2,14,16). The lowest BCUT2D eigenvalue weighted by Gasteiger charge is -2.25. The van der Waals surface area contributed by atoms with E-state index >= 15 is 0 Å². The molecule has 5 heteroatoms. The SMILES string of the molecule is NC1=NCC(c2cncs2)N1Cc1ccccc1. The second-order valence-electron chi connectivity index (χ2n) is 4.23. The van der Waals surface area contributed by atoms with Crippen LogP contribution in [0.4, 0.5) is 0 Å². The first-order valence-corrected chi connectivity index (χ1v) is 6.71. The minimum atomic E-state index is 0.234. The molecular weight excluding hydrogens is 244 g/mol. The van der Waals surface area contributed by atoms with Crippen molar-refractivity contribution in [2.75, 3.05) is 6.54 Å². The number of hydrogen-bond acceptors (Lipinski definition) is 5. The normalized spacial score (nSPS) is 19.0. The van der Waals surface area contributed by atoms with Gasteiger partial charge in [0.15, 0.2) is 5.96 Å². The van der Waals surface area contributed by atoms with Crippen LogP contribution in [-0.4, -0.2) is 22.4 Å². The number of nitrogens with zero attached hydrogens (tertiary/aromatic N) is 3. The molecular formula is C13H14N4S. The second-order valence-corrected chi connectivity index (χ2v) is 5.15. The lowest BCUT2D eigenvalue weighted by atomic mass is 10.2. The quantitative estimate of drug-likeness (QED) is 0.916. The molecule has 2 aromatic rings. The van der Waals surface area contributed by atoms with Crippen molar-refractivity contribution in [3.8, 4) is 0 Å². The van der Waals surface area contributed by atoms with E-state index in [0.717, 1.165) is 13.1 Å². The molecule has 0 saturated carbocycles. The molecule has 92 valence electrons. The fourth-order valence-corrected chi connectivity index (χ4v) is 2.86. The summed E-state index contributed by atoms with van der Waals surface area (Å²) in [5.74, 6) is 0.622. The zero-order valence-electron chi connectivity index (χ0n) is 9.86. The largest absolute Gasteiger partial charge is 0.370 e. The highest BCUT2D eigenvalue weighted by molar-refractivity contribution is 7.09. The molecule has 2 heterocycles. The van der Waals surface area contributed by atoms with Crippen LogP contribution in [0.3, 0.4) is 0 Å². The topological polar surface area (TPSA) is 54.5 Å². The van der Waals surface area contributed by atoms with Gasteiger partial charge in [-0.05, 0) is 5.56 Å². The van der Waals surface area contributed by atoms with E-state index in [1.807, 2.05) is 29.9 Å². The zero-order valence-corrected chi connectivity index (χ0v) is 10.7. The minimum absolute atomic E-state index is 0.234. The van der Waals surface area contributed by atoms with E-state index in [1.54, 1.807) is 11.3 Å². The molecule has 4 nitrogen and oxygen atoms in total. The van der Waals surface area contributed by atoms with Crippen molar-refractivity contribution in [3.05, 3.63) is 52.5 Å². The van der Waals surface area contributed by atoms with Gasteiger partial charge < -0.3 is 10.6 Å². The van der Waals surface area contributed by atoms with Crippen LogP contribution in [0.2, 0.25) is 0 Å². The predicted octanol–water partition coefficient (Wildman–Crippen LogP) is 2.01. The third-order valence-corrected chi connectivity index (χ3v) is 3.95. The highest BCUT2D eigenvalue weighted by Gasteiger charge is 2.28. The molecule has 3 rings (SSSR count). The van der Waals surface area contributed by atoms with Gasteiger partial charge in [-0.1, -0.05) is 30.3 Å². The van der Waals surface area contributed by atoms with E-state index in [9.17, 15) is 0 Å². The summed E-state index contributed by atoms with van der Waals surface area (Å²) >= 11 is 1.65. The third kappa shape index (κ3) is 2.09. The van der Waals surface area contributed by atoms with E-state index in [2.05, 4.69) is 27.0 Å². The molecule has 1 atom stereocenters. The first kappa shape index (κ1) is 11.2. The van der Waals surface area contributed by atoms with Crippen molar-refractivity contribution in [1.82, 2.24) is 9.88 Å². The molecule has 0 aliphatic carbocycles. The fourth-order valence-electron chi connectivity index (χ4n) is 2.13. The monoisotopic (exact) mass is 258 g/mol. The van der Waals surface area contributed by atoms with Gasteiger partial charge >= 0.3 is 0 Å². The Hall–Kier alpha value is -1.88. The van der Waals surface area contributed by atoms with Crippen LogP contribution >= 0.6 is 11.3 Å². The summed E-state index contributed by atoms with van der Waals surface area (Å²) in [6.45, 7) is 1.51. The molecule has 1 aliphatic rings. The van der Waals surface area contributed by atoms with Crippen LogP contribution in [0.5, 0.6) is 0 Å². The fraction of sp³-hybridized carbons (Fsp3) is 0.231. The van der Waals surface area contributed by atoms with Crippen molar-refractivity contribution in [2.24, 2.45) is 10.7 Å². The Balaban J connectivity index is 1.82. The first-order valence-electron chi connectivity index (χ1n) is 5.83. The van der Waals surface area contributed by atoms with Crippen LogP contribution in [0, 0.1) is 0 Å².